The highest BCUT2D eigenvalue weighted by Gasteiger charge is 2.51. The Kier molecular flexibility index (Phi) is 7.30. The lowest BCUT2D eigenvalue weighted by Crippen LogP contribution is -2.41. The molecule has 1 aromatic rings. The third kappa shape index (κ3) is 5.91. The molecular weight excluding hydrogens is 385 g/mol. The number of carboxylic acids is 1. The molecule has 1 atom stereocenters. The molecule has 27 heavy (non-hydrogen) atoms. The van der Waals surface area contributed by atoms with Gasteiger partial charge in [0, 0.05) is 18.4 Å². The van der Waals surface area contributed by atoms with Gasteiger partial charge in [0.05, 0.1) is 11.2 Å². The second-order valence-electron chi connectivity index (χ2n) is 7.47. The number of benzene rings is 1. The van der Waals surface area contributed by atoms with Gasteiger partial charge in [-0.1, -0.05) is 45.9 Å². The van der Waals surface area contributed by atoms with Crippen molar-refractivity contribution in [1.29, 1.82) is 0 Å². The van der Waals surface area contributed by atoms with Crippen LogP contribution in [-0.2, 0) is 24.7 Å². The van der Waals surface area contributed by atoms with Gasteiger partial charge in [0.25, 0.3) is 0 Å². The second-order valence-corrected chi connectivity index (χ2v) is 9.98. The summed E-state index contributed by atoms with van der Waals surface area (Å²) < 4.78 is 12.1. The highest BCUT2D eigenvalue weighted by Crippen LogP contribution is 2.36. The van der Waals surface area contributed by atoms with Crippen molar-refractivity contribution in [2.24, 2.45) is 0 Å². The third-order valence-electron chi connectivity index (χ3n) is 4.72. The Labute approximate surface area is 168 Å². The van der Waals surface area contributed by atoms with Crippen LogP contribution in [0.4, 0.5) is 0 Å². The normalized spacial score (nSPS) is 18.9. The predicted molar refractivity (Wildman–Crippen MR) is 111 cm³/mol. The Bertz CT molecular complexity index is 665. The molecule has 0 aliphatic carbocycles. The third-order valence-corrected chi connectivity index (χ3v) is 7.07. The topological polar surface area (TPSA) is 84.9 Å². The predicted octanol–water partition coefficient (Wildman–Crippen LogP) is 2.46. The number of hydrogen-bond acceptors (Lipinski definition) is 6. The van der Waals surface area contributed by atoms with E-state index in [1.807, 2.05) is 52.0 Å². The fraction of sp³-hybridized carbons (Fsp3) is 0.556. The maximum absolute atomic E-state index is 11.1. The van der Waals surface area contributed by atoms with E-state index in [9.17, 15) is 9.59 Å². The number of carboxylic acid groups (broad SMARTS) is 1. The first kappa shape index (κ1) is 22.1. The van der Waals surface area contributed by atoms with Gasteiger partial charge in [-0.3, -0.25) is 4.79 Å². The van der Waals surface area contributed by atoms with Crippen LogP contribution in [0.2, 0.25) is 0 Å². The summed E-state index contributed by atoms with van der Waals surface area (Å²) in [7, 11) is 2.61. The largest absolute Gasteiger partial charge is 0.494 e. The van der Waals surface area contributed by atoms with Crippen LogP contribution in [0, 0.1) is 0 Å². The molecule has 1 aliphatic heterocycles. The van der Waals surface area contributed by atoms with Gasteiger partial charge in [-0.05, 0) is 38.7 Å². The van der Waals surface area contributed by atoms with E-state index in [0.717, 1.165) is 16.8 Å². The van der Waals surface area contributed by atoms with Gasteiger partial charge < -0.3 is 19.7 Å². The van der Waals surface area contributed by atoms with Gasteiger partial charge in [0.15, 0.2) is 0 Å². The first-order valence-corrected chi connectivity index (χ1v) is 11.2. The van der Waals surface area contributed by atoms with Crippen molar-refractivity contribution in [1.82, 2.24) is 5.32 Å². The zero-order chi connectivity index (χ0) is 20.2. The molecule has 1 aliphatic rings. The molecule has 2 N–H and O–H groups in total. The molecule has 1 saturated heterocycles. The Morgan fingerprint density at radius 2 is 1.67 bits per heavy atom. The van der Waals surface area contributed by atoms with Crippen molar-refractivity contribution in [3.63, 3.8) is 0 Å². The minimum atomic E-state index is -1.02. The monoisotopic (exact) mass is 411 g/mol. The van der Waals surface area contributed by atoms with Crippen LogP contribution in [0.1, 0.15) is 40.2 Å². The SMILES string of the molecule is CC(=O)N[C@@H](CSSCc1ccc(B2OC(C)(C)C(C)(C)O2)cc1)C(=O)O. The standard InChI is InChI=1S/C18H26BNO5S2/c1-12(21)20-15(16(22)23)11-27-26-10-13-6-8-14(9-7-13)19-24-17(2,3)18(4,5)25-19/h6-9,15H,10-11H2,1-5H3,(H,20,21)(H,22,23)/t15-/m0/s1. The molecule has 1 aromatic carbocycles. The van der Waals surface area contributed by atoms with Gasteiger partial charge in [-0.25, -0.2) is 4.79 Å². The number of carbonyl (C=O) groups is 2. The van der Waals surface area contributed by atoms with Gasteiger partial charge in [0.2, 0.25) is 5.91 Å². The van der Waals surface area contributed by atoms with E-state index in [4.69, 9.17) is 14.4 Å². The Hall–Kier alpha value is -1.16. The van der Waals surface area contributed by atoms with E-state index in [1.165, 1.54) is 17.7 Å². The zero-order valence-corrected chi connectivity index (χ0v) is 17.9. The zero-order valence-electron chi connectivity index (χ0n) is 16.3. The van der Waals surface area contributed by atoms with Gasteiger partial charge in [-0.2, -0.15) is 0 Å². The van der Waals surface area contributed by atoms with E-state index in [-0.39, 0.29) is 24.2 Å². The molecule has 2 rings (SSSR count). The van der Waals surface area contributed by atoms with Crippen molar-refractivity contribution in [3.8, 4) is 0 Å². The first-order valence-electron chi connectivity index (χ1n) is 8.70. The number of hydrogen-bond donors (Lipinski definition) is 2. The Morgan fingerprint density at radius 3 is 2.15 bits per heavy atom. The molecular formula is C18H26BNO5S2. The minimum Gasteiger partial charge on any atom is -0.480 e. The average Bonchev–Trinajstić information content (AvgIpc) is 2.78. The van der Waals surface area contributed by atoms with Crippen molar-refractivity contribution < 1.29 is 24.0 Å². The Balaban J connectivity index is 1.83. The molecule has 148 valence electrons. The number of aliphatic carboxylic acids is 1. The van der Waals surface area contributed by atoms with Gasteiger partial charge in [0.1, 0.15) is 6.04 Å². The molecule has 0 radical (unpaired) electrons. The lowest BCUT2D eigenvalue weighted by Gasteiger charge is -2.32. The Morgan fingerprint density at radius 1 is 1.11 bits per heavy atom. The lowest BCUT2D eigenvalue weighted by molar-refractivity contribution is -0.140. The minimum absolute atomic E-state index is 0.311. The van der Waals surface area contributed by atoms with E-state index in [0.29, 0.717) is 5.75 Å². The van der Waals surface area contributed by atoms with Crippen LogP contribution in [0.5, 0.6) is 0 Å². The summed E-state index contributed by atoms with van der Waals surface area (Å²) in [5.41, 5.74) is 1.38. The summed E-state index contributed by atoms with van der Waals surface area (Å²) in [6.45, 7) is 9.43. The second kappa shape index (κ2) is 8.90. The van der Waals surface area contributed by atoms with Crippen molar-refractivity contribution in [2.45, 2.75) is 57.6 Å². The van der Waals surface area contributed by atoms with E-state index in [2.05, 4.69) is 5.32 Å². The van der Waals surface area contributed by atoms with E-state index in [1.54, 1.807) is 10.8 Å². The van der Waals surface area contributed by atoms with Crippen LogP contribution < -0.4 is 10.8 Å². The van der Waals surface area contributed by atoms with Crippen LogP contribution in [0.25, 0.3) is 0 Å². The van der Waals surface area contributed by atoms with Crippen molar-refractivity contribution in [2.75, 3.05) is 5.75 Å². The molecule has 0 bridgehead atoms. The summed E-state index contributed by atoms with van der Waals surface area (Å²) in [4.78, 5) is 22.1. The number of nitrogens with one attached hydrogen (secondary N) is 1. The molecule has 1 amide bonds. The molecule has 0 saturated carbocycles. The summed E-state index contributed by atoms with van der Waals surface area (Å²) in [6, 6.07) is 7.18. The molecule has 6 nitrogen and oxygen atoms in total. The molecule has 0 unspecified atom stereocenters. The number of amides is 1. The summed E-state index contributed by atoms with van der Waals surface area (Å²) in [5, 5.41) is 11.5. The molecule has 9 heteroatoms. The summed E-state index contributed by atoms with van der Waals surface area (Å²) in [5.74, 6) is -0.317. The molecule has 0 aromatic heterocycles. The van der Waals surface area contributed by atoms with Crippen molar-refractivity contribution in [3.05, 3.63) is 29.8 Å². The summed E-state index contributed by atoms with van der Waals surface area (Å²) in [6.07, 6.45) is 0. The maximum atomic E-state index is 11.1. The lowest BCUT2D eigenvalue weighted by atomic mass is 9.79. The first-order chi connectivity index (χ1) is 12.5. The number of carbonyl (C=O) groups excluding carboxylic acids is 1. The van der Waals surface area contributed by atoms with Gasteiger partial charge >= 0.3 is 13.1 Å². The summed E-state index contributed by atoms with van der Waals surface area (Å²) >= 11 is 0. The quantitative estimate of drug-likeness (QED) is 0.386. The van der Waals surface area contributed by atoms with Crippen molar-refractivity contribution >= 4 is 46.0 Å². The van der Waals surface area contributed by atoms with E-state index < -0.39 is 12.0 Å². The maximum Gasteiger partial charge on any atom is 0.494 e. The van der Waals surface area contributed by atoms with Gasteiger partial charge in [-0.15, -0.1) is 0 Å². The van der Waals surface area contributed by atoms with E-state index >= 15 is 0 Å². The highest BCUT2D eigenvalue weighted by molar-refractivity contribution is 8.76. The fourth-order valence-corrected chi connectivity index (χ4v) is 4.62. The van der Waals surface area contributed by atoms with Crippen LogP contribution >= 0.6 is 21.6 Å². The fourth-order valence-electron chi connectivity index (χ4n) is 2.40. The number of rotatable bonds is 8. The molecule has 1 heterocycles. The highest BCUT2D eigenvalue weighted by atomic mass is 33.1. The molecule has 1 fully saturated rings. The van der Waals surface area contributed by atoms with Crippen LogP contribution in [0.15, 0.2) is 24.3 Å². The molecule has 0 spiro atoms. The average molecular weight is 411 g/mol. The van der Waals surface area contributed by atoms with Crippen LogP contribution in [0.3, 0.4) is 0 Å². The van der Waals surface area contributed by atoms with Crippen LogP contribution in [-0.4, -0.2) is 47.1 Å². The smallest absolute Gasteiger partial charge is 0.480 e.